The first-order valence-corrected chi connectivity index (χ1v) is 7.85. The van der Waals surface area contributed by atoms with Crippen LogP contribution < -0.4 is 4.90 Å². The number of para-hydroxylation sites is 1. The topological polar surface area (TPSA) is 40.6 Å². The molecule has 0 spiro atoms. The highest BCUT2D eigenvalue weighted by molar-refractivity contribution is 7.80. The molecule has 0 atom stereocenters. The van der Waals surface area contributed by atoms with Crippen LogP contribution in [-0.2, 0) is 9.59 Å². The van der Waals surface area contributed by atoms with E-state index < -0.39 is 5.91 Å². The highest BCUT2D eigenvalue weighted by Gasteiger charge is 2.38. The summed E-state index contributed by atoms with van der Waals surface area (Å²) in [6, 6.07) is 12.8. The Bertz CT molecular complexity index is 767. The number of hydrogen-bond donors (Lipinski definition) is 0. The third-order valence-corrected chi connectivity index (χ3v) is 4.57. The van der Waals surface area contributed by atoms with Crippen LogP contribution in [0.3, 0.4) is 0 Å². The Morgan fingerprint density at radius 3 is 2.41 bits per heavy atom. The third kappa shape index (κ3) is 2.47. The minimum absolute atomic E-state index is 0.113. The number of likely N-dealkylation sites (N-methyl/N-ethyl adjacent to an activating group) is 1. The van der Waals surface area contributed by atoms with Crippen molar-refractivity contribution in [1.29, 1.82) is 0 Å². The van der Waals surface area contributed by atoms with Crippen molar-refractivity contribution in [3.05, 3.63) is 58.3 Å². The molecular formula is C16H12N2O2S2. The molecular weight excluding hydrogens is 316 g/mol. The molecule has 2 aromatic rings. The highest BCUT2D eigenvalue weighted by Crippen LogP contribution is 2.25. The van der Waals surface area contributed by atoms with E-state index in [2.05, 4.69) is 0 Å². The molecule has 0 bridgehead atoms. The zero-order valence-corrected chi connectivity index (χ0v) is 13.4. The molecule has 0 radical (unpaired) electrons. The number of thiophene rings is 1. The fourth-order valence-corrected chi connectivity index (χ4v) is 3.09. The summed E-state index contributed by atoms with van der Waals surface area (Å²) in [4.78, 5) is 28.7. The van der Waals surface area contributed by atoms with E-state index in [1.165, 1.54) is 21.1 Å². The van der Waals surface area contributed by atoms with Gasteiger partial charge >= 0.3 is 0 Å². The Morgan fingerprint density at radius 1 is 1.05 bits per heavy atom. The fraction of sp³-hybridized carbons (Fsp3) is 0.0625. The molecule has 6 heteroatoms. The molecule has 22 heavy (non-hydrogen) atoms. The monoisotopic (exact) mass is 328 g/mol. The maximum absolute atomic E-state index is 12.7. The van der Waals surface area contributed by atoms with Crippen molar-refractivity contribution in [2.24, 2.45) is 0 Å². The Morgan fingerprint density at radius 2 is 1.77 bits per heavy atom. The summed E-state index contributed by atoms with van der Waals surface area (Å²) in [7, 11) is 1.58. The van der Waals surface area contributed by atoms with Crippen LogP contribution in [0.5, 0.6) is 0 Å². The second kappa shape index (κ2) is 5.82. The molecule has 1 fully saturated rings. The minimum Gasteiger partial charge on any atom is -0.287 e. The second-order valence-electron chi connectivity index (χ2n) is 4.70. The first-order chi connectivity index (χ1) is 10.6. The molecule has 0 saturated carbocycles. The van der Waals surface area contributed by atoms with E-state index in [9.17, 15) is 9.59 Å². The number of nitrogens with zero attached hydrogens (tertiary/aromatic N) is 2. The summed E-state index contributed by atoms with van der Waals surface area (Å²) < 4.78 is 0. The average Bonchev–Trinajstić information content (AvgIpc) is 3.04. The number of benzene rings is 1. The van der Waals surface area contributed by atoms with Crippen LogP contribution in [0.1, 0.15) is 4.88 Å². The largest absolute Gasteiger partial charge is 0.287 e. The summed E-state index contributed by atoms with van der Waals surface area (Å²) in [6.45, 7) is 0. The van der Waals surface area contributed by atoms with Gasteiger partial charge in [-0.15, -0.1) is 11.3 Å². The molecule has 110 valence electrons. The van der Waals surface area contributed by atoms with Crippen molar-refractivity contribution in [2.75, 3.05) is 11.9 Å². The summed E-state index contributed by atoms with van der Waals surface area (Å²) in [6.07, 6.45) is 1.61. The first kappa shape index (κ1) is 14.6. The lowest BCUT2D eigenvalue weighted by Crippen LogP contribution is -2.54. The van der Waals surface area contributed by atoms with Crippen molar-refractivity contribution in [3.8, 4) is 0 Å². The Labute approximate surface area is 137 Å². The maximum Gasteiger partial charge on any atom is 0.270 e. The van der Waals surface area contributed by atoms with Crippen molar-refractivity contribution in [3.63, 3.8) is 0 Å². The van der Waals surface area contributed by atoms with Crippen LogP contribution in [0.4, 0.5) is 5.69 Å². The van der Waals surface area contributed by atoms with Crippen LogP contribution in [-0.4, -0.2) is 28.9 Å². The number of hydrogen-bond acceptors (Lipinski definition) is 4. The second-order valence-corrected chi connectivity index (χ2v) is 6.04. The third-order valence-electron chi connectivity index (χ3n) is 3.29. The minimum atomic E-state index is -0.396. The van der Waals surface area contributed by atoms with E-state index in [0.717, 1.165) is 4.88 Å². The Kier molecular flexibility index (Phi) is 3.87. The van der Waals surface area contributed by atoms with Gasteiger partial charge in [0.15, 0.2) is 5.11 Å². The van der Waals surface area contributed by atoms with Gasteiger partial charge in [0, 0.05) is 11.9 Å². The summed E-state index contributed by atoms with van der Waals surface area (Å²) in [5.41, 5.74) is 0.760. The van der Waals surface area contributed by atoms with Gasteiger partial charge in [0.2, 0.25) is 0 Å². The number of carbonyl (C=O) groups is 2. The molecule has 2 amide bonds. The maximum atomic E-state index is 12.7. The normalized spacial score (nSPS) is 17.5. The van der Waals surface area contributed by atoms with Gasteiger partial charge in [-0.1, -0.05) is 24.3 Å². The summed E-state index contributed by atoms with van der Waals surface area (Å²) >= 11 is 6.74. The predicted octanol–water partition coefficient (Wildman–Crippen LogP) is 2.92. The van der Waals surface area contributed by atoms with Gasteiger partial charge in [-0.05, 0) is 41.9 Å². The van der Waals surface area contributed by atoms with E-state index >= 15 is 0 Å². The molecule has 0 aliphatic carbocycles. The van der Waals surface area contributed by atoms with E-state index in [-0.39, 0.29) is 16.6 Å². The molecule has 3 rings (SSSR count). The Balaban J connectivity index is 2.07. The van der Waals surface area contributed by atoms with Crippen LogP contribution in [0.25, 0.3) is 6.08 Å². The summed E-state index contributed by atoms with van der Waals surface area (Å²) in [5, 5.41) is 2.08. The standard InChI is InChI=1S/C16H12N2O2S2/c1-17-14(19)13(10-12-8-5-9-22-12)15(20)18(16(17)21)11-6-3-2-4-7-11/h2-10H,1H3/b13-10-. The van der Waals surface area contributed by atoms with Gasteiger partial charge in [0.1, 0.15) is 5.57 Å². The number of carbonyl (C=O) groups excluding carboxylic acids is 2. The zero-order chi connectivity index (χ0) is 15.7. The lowest BCUT2D eigenvalue weighted by atomic mass is 10.1. The lowest BCUT2D eigenvalue weighted by molar-refractivity contribution is -0.127. The van der Waals surface area contributed by atoms with Gasteiger partial charge in [0.05, 0.1) is 5.69 Å². The van der Waals surface area contributed by atoms with Crippen molar-refractivity contribution in [1.82, 2.24) is 4.90 Å². The molecule has 1 saturated heterocycles. The highest BCUT2D eigenvalue weighted by atomic mass is 32.1. The van der Waals surface area contributed by atoms with Gasteiger partial charge in [-0.2, -0.15) is 0 Å². The quantitative estimate of drug-likeness (QED) is 0.483. The van der Waals surface area contributed by atoms with Gasteiger partial charge in [-0.25, -0.2) is 0 Å². The van der Waals surface area contributed by atoms with E-state index in [0.29, 0.717) is 5.69 Å². The number of thiocarbonyl (C=S) groups is 1. The van der Waals surface area contributed by atoms with E-state index in [1.54, 1.807) is 25.3 Å². The molecule has 1 aromatic carbocycles. The van der Waals surface area contributed by atoms with Gasteiger partial charge in [0.25, 0.3) is 11.8 Å². The molecule has 4 nitrogen and oxygen atoms in total. The van der Waals surface area contributed by atoms with Gasteiger partial charge in [-0.3, -0.25) is 19.4 Å². The van der Waals surface area contributed by atoms with E-state index in [1.807, 2.05) is 35.7 Å². The van der Waals surface area contributed by atoms with Crippen LogP contribution in [0.2, 0.25) is 0 Å². The van der Waals surface area contributed by atoms with Crippen LogP contribution in [0.15, 0.2) is 53.4 Å². The predicted molar refractivity (Wildman–Crippen MR) is 91.6 cm³/mol. The van der Waals surface area contributed by atoms with Crippen LogP contribution in [0, 0.1) is 0 Å². The van der Waals surface area contributed by atoms with Crippen molar-refractivity contribution >= 4 is 52.2 Å². The van der Waals surface area contributed by atoms with Crippen LogP contribution >= 0.6 is 23.6 Å². The number of amides is 2. The lowest BCUT2D eigenvalue weighted by Gasteiger charge is -2.34. The van der Waals surface area contributed by atoms with Crippen molar-refractivity contribution < 1.29 is 9.59 Å². The molecule has 1 aliphatic heterocycles. The first-order valence-electron chi connectivity index (χ1n) is 6.56. The van der Waals surface area contributed by atoms with E-state index in [4.69, 9.17) is 12.2 Å². The number of anilines is 1. The molecule has 0 unspecified atom stereocenters. The molecule has 2 heterocycles. The zero-order valence-electron chi connectivity index (χ0n) is 11.7. The molecule has 1 aliphatic rings. The Hall–Kier alpha value is -2.31. The average molecular weight is 328 g/mol. The molecule has 1 aromatic heterocycles. The molecule has 0 N–H and O–H groups in total. The van der Waals surface area contributed by atoms with Crippen molar-refractivity contribution in [2.45, 2.75) is 0 Å². The van der Waals surface area contributed by atoms with Gasteiger partial charge < -0.3 is 0 Å². The fourth-order valence-electron chi connectivity index (χ4n) is 2.16. The SMILES string of the molecule is CN1C(=O)/C(=C/c2cccs2)C(=O)N(c2ccccc2)C1=S. The summed E-state index contributed by atoms with van der Waals surface area (Å²) in [5.74, 6) is -0.775. The smallest absolute Gasteiger partial charge is 0.270 e. The number of rotatable bonds is 2.